The Morgan fingerprint density at radius 1 is 1.27 bits per heavy atom. The van der Waals surface area contributed by atoms with E-state index < -0.39 is 0 Å². The number of fused-ring (bicyclic) bond motifs is 2. The molecule has 1 N–H and O–H groups in total. The molecule has 0 spiro atoms. The van der Waals surface area contributed by atoms with Crippen LogP contribution >= 0.6 is 11.8 Å². The Kier molecular flexibility index (Phi) is 1.78. The number of aromatic nitrogens is 2. The summed E-state index contributed by atoms with van der Waals surface area (Å²) in [7, 11) is 0. The van der Waals surface area contributed by atoms with Crippen LogP contribution in [-0.2, 0) is 0 Å². The van der Waals surface area contributed by atoms with E-state index >= 15 is 0 Å². The number of ether oxygens (including phenoxy) is 1. The third-order valence-electron chi connectivity index (χ3n) is 2.06. The number of para-hydroxylation sites is 1. The number of rotatable bonds is 0. The summed E-state index contributed by atoms with van der Waals surface area (Å²) >= 11 is 1.40. The van der Waals surface area contributed by atoms with Gasteiger partial charge in [-0.25, -0.2) is 5.10 Å². The second-order valence-corrected chi connectivity index (χ2v) is 4.10. The fourth-order valence-electron chi connectivity index (χ4n) is 1.39. The first-order valence-corrected chi connectivity index (χ1v) is 5.18. The second-order valence-electron chi connectivity index (χ2n) is 3.04. The summed E-state index contributed by atoms with van der Waals surface area (Å²) in [5.41, 5.74) is -0.216. The van der Waals surface area contributed by atoms with Gasteiger partial charge in [0.1, 0.15) is 10.6 Å². The van der Waals surface area contributed by atoms with Crippen LogP contribution in [0.5, 0.6) is 11.5 Å². The smallest absolute Gasteiger partial charge is 0.282 e. The minimum atomic E-state index is -0.216. The first-order valence-electron chi connectivity index (χ1n) is 4.37. The average Bonchev–Trinajstić information content (AvgIpc) is 2.27. The molecule has 0 unspecified atom stereocenters. The first-order chi connectivity index (χ1) is 7.34. The van der Waals surface area contributed by atoms with Gasteiger partial charge in [-0.05, 0) is 12.1 Å². The Hall–Kier alpha value is -1.75. The van der Waals surface area contributed by atoms with Crippen LogP contribution in [-0.4, -0.2) is 10.2 Å². The van der Waals surface area contributed by atoms with E-state index in [1.54, 1.807) is 0 Å². The van der Waals surface area contributed by atoms with E-state index in [-0.39, 0.29) is 5.56 Å². The SMILES string of the molecule is O=c1[nH]ncc2c1Sc1ccccc1O2. The molecule has 0 saturated carbocycles. The molecule has 5 heteroatoms. The van der Waals surface area contributed by atoms with Crippen molar-refractivity contribution >= 4 is 11.8 Å². The summed E-state index contributed by atoms with van der Waals surface area (Å²) in [4.78, 5) is 13.0. The van der Waals surface area contributed by atoms with Crippen molar-refractivity contribution in [2.24, 2.45) is 0 Å². The highest BCUT2D eigenvalue weighted by Crippen LogP contribution is 2.44. The van der Waals surface area contributed by atoms with E-state index in [4.69, 9.17) is 4.74 Å². The third-order valence-corrected chi connectivity index (χ3v) is 3.21. The number of H-pyrrole nitrogens is 1. The van der Waals surface area contributed by atoms with Gasteiger partial charge in [-0.15, -0.1) is 0 Å². The van der Waals surface area contributed by atoms with Crippen molar-refractivity contribution in [1.82, 2.24) is 10.2 Å². The highest BCUT2D eigenvalue weighted by molar-refractivity contribution is 7.99. The maximum absolute atomic E-state index is 11.5. The molecule has 0 aliphatic carbocycles. The van der Waals surface area contributed by atoms with Gasteiger partial charge in [0.25, 0.3) is 5.56 Å². The van der Waals surface area contributed by atoms with Crippen LogP contribution in [0.3, 0.4) is 0 Å². The van der Waals surface area contributed by atoms with Crippen molar-refractivity contribution in [3.8, 4) is 11.5 Å². The number of aromatic amines is 1. The lowest BCUT2D eigenvalue weighted by atomic mass is 10.3. The van der Waals surface area contributed by atoms with Crippen molar-refractivity contribution in [3.63, 3.8) is 0 Å². The lowest BCUT2D eigenvalue weighted by Gasteiger charge is -2.17. The fraction of sp³-hybridized carbons (Fsp3) is 0. The van der Waals surface area contributed by atoms with Gasteiger partial charge < -0.3 is 4.74 Å². The van der Waals surface area contributed by atoms with E-state index in [9.17, 15) is 4.79 Å². The number of benzene rings is 1. The van der Waals surface area contributed by atoms with Gasteiger partial charge in [0.2, 0.25) is 0 Å². The molecule has 15 heavy (non-hydrogen) atoms. The van der Waals surface area contributed by atoms with E-state index in [0.29, 0.717) is 10.6 Å². The summed E-state index contributed by atoms with van der Waals surface area (Å²) in [5, 5.41) is 6.08. The third kappa shape index (κ3) is 1.32. The van der Waals surface area contributed by atoms with Crippen molar-refractivity contribution < 1.29 is 4.74 Å². The van der Waals surface area contributed by atoms with Crippen molar-refractivity contribution in [2.75, 3.05) is 0 Å². The highest BCUT2D eigenvalue weighted by atomic mass is 32.2. The molecule has 1 aliphatic rings. The van der Waals surface area contributed by atoms with E-state index in [1.807, 2.05) is 24.3 Å². The topological polar surface area (TPSA) is 55.0 Å². The van der Waals surface area contributed by atoms with Crippen LogP contribution in [0, 0.1) is 0 Å². The fourth-order valence-corrected chi connectivity index (χ4v) is 2.30. The number of hydrogen-bond donors (Lipinski definition) is 1. The molecule has 2 heterocycles. The van der Waals surface area contributed by atoms with Gasteiger partial charge in [0, 0.05) is 0 Å². The molecule has 0 fully saturated rings. The van der Waals surface area contributed by atoms with Crippen LogP contribution in [0.1, 0.15) is 0 Å². The van der Waals surface area contributed by atoms with Crippen LogP contribution < -0.4 is 10.3 Å². The average molecular weight is 218 g/mol. The summed E-state index contributed by atoms with van der Waals surface area (Å²) < 4.78 is 5.55. The van der Waals surface area contributed by atoms with Crippen LogP contribution in [0.15, 0.2) is 45.0 Å². The van der Waals surface area contributed by atoms with E-state index in [0.717, 1.165) is 10.6 Å². The normalized spacial score (nSPS) is 12.5. The molecule has 0 radical (unpaired) electrons. The van der Waals surface area contributed by atoms with Crippen molar-refractivity contribution in [1.29, 1.82) is 0 Å². The Balaban J connectivity index is 2.19. The lowest BCUT2D eigenvalue weighted by Crippen LogP contribution is -2.12. The molecule has 0 atom stereocenters. The molecular formula is C10H6N2O2S. The zero-order valence-electron chi connectivity index (χ0n) is 7.56. The molecule has 0 saturated heterocycles. The second kappa shape index (κ2) is 3.13. The predicted molar refractivity (Wildman–Crippen MR) is 55.5 cm³/mol. The van der Waals surface area contributed by atoms with Crippen LogP contribution in [0.25, 0.3) is 0 Å². The van der Waals surface area contributed by atoms with Gasteiger partial charge in [0.05, 0.1) is 11.1 Å². The molecule has 4 nitrogen and oxygen atoms in total. The molecule has 1 aromatic carbocycles. The Bertz CT molecular complexity index is 580. The highest BCUT2D eigenvalue weighted by Gasteiger charge is 2.19. The molecule has 3 rings (SSSR count). The Labute approximate surface area is 89.3 Å². The maximum Gasteiger partial charge on any atom is 0.282 e. The molecular weight excluding hydrogens is 212 g/mol. The van der Waals surface area contributed by atoms with Gasteiger partial charge in [0.15, 0.2) is 5.75 Å². The molecule has 1 aromatic heterocycles. The Morgan fingerprint density at radius 2 is 2.13 bits per heavy atom. The van der Waals surface area contributed by atoms with Gasteiger partial charge >= 0.3 is 0 Å². The maximum atomic E-state index is 11.5. The first kappa shape index (κ1) is 8.55. The van der Waals surface area contributed by atoms with E-state index in [2.05, 4.69) is 10.2 Å². The Morgan fingerprint density at radius 3 is 3.07 bits per heavy atom. The summed E-state index contributed by atoms with van der Waals surface area (Å²) in [6.45, 7) is 0. The summed E-state index contributed by atoms with van der Waals surface area (Å²) in [6.07, 6.45) is 1.51. The molecule has 74 valence electrons. The monoisotopic (exact) mass is 218 g/mol. The van der Waals surface area contributed by atoms with Gasteiger partial charge in [-0.1, -0.05) is 23.9 Å². The summed E-state index contributed by atoms with van der Waals surface area (Å²) in [5.74, 6) is 1.28. The largest absolute Gasteiger partial charge is 0.453 e. The van der Waals surface area contributed by atoms with Crippen LogP contribution in [0.4, 0.5) is 0 Å². The zero-order valence-corrected chi connectivity index (χ0v) is 8.38. The standard InChI is InChI=1S/C10H6N2O2S/c13-10-9-7(5-11-12-10)14-6-3-1-2-4-8(6)15-9/h1-5H,(H,12,13). The number of hydrogen-bond acceptors (Lipinski definition) is 4. The molecule has 0 bridgehead atoms. The van der Waals surface area contributed by atoms with E-state index in [1.165, 1.54) is 18.0 Å². The van der Waals surface area contributed by atoms with Crippen LogP contribution in [0.2, 0.25) is 0 Å². The summed E-state index contributed by atoms with van der Waals surface area (Å²) in [6, 6.07) is 7.59. The minimum Gasteiger partial charge on any atom is -0.453 e. The van der Waals surface area contributed by atoms with Gasteiger partial charge in [-0.2, -0.15) is 5.10 Å². The number of nitrogens with zero attached hydrogens (tertiary/aromatic N) is 1. The number of nitrogens with one attached hydrogen (secondary N) is 1. The zero-order chi connectivity index (χ0) is 10.3. The predicted octanol–water partition coefficient (Wildman–Crippen LogP) is 2.03. The van der Waals surface area contributed by atoms with Crippen molar-refractivity contribution in [3.05, 3.63) is 40.8 Å². The quantitative estimate of drug-likeness (QED) is 0.627. The van der Waals surface area contributed by atoms with Crippen molar-refractivity contribution in [2.45, 2.75) is 9.79 Å². The minimum absolute atomic E-state index is 0.216. The molecule has 1 aliphatic heterocycles. The van der Waals surface area contributed by atoms with Gasteiger partial charge in [-0.3, -0.25) is 4.79 Å². The molecule has 2 aromatic rings. The lowest BCUT2D eigenvalue weighted by molar-refractivity contribution is 0.447. The molecule has 0 amide bonds.